The summed E-state index contributed by atoms with van der Waals surface area (Å²) in [6.45, 7) is 0.551. The Kier molecular flexibility index (Phi) is 5.85. The van der Waals surface area contributed by atoms with Crippen molar-refractivity contribution in [3.8, 4) is 0 Å². The van der Waals surface area contributed by atoms with Crippen molar-refractivity contribution in [2.45, 2.75) is 17.7 Å². The first-order chi connectivity index (χ1) is 14.8. The fourth-order valence-corrected chi connectivity index (χ4v) is 4.62. The maximum absolute atomic E-state index is 13.7. The highest BCUT2D eigenvalue weighted by Crippen LogP contribution is 2.46. The summed E-state index contributed by atoms with van der Waals surface area (Å²) in [5.41, 5.74) is 0.139. The van der Waals surface area contributed by atoms with E-state index in [-0.39, 0.29) is 13.1 Å². The summed E-state index contributed by atoms with van der Waals surface area (Å²) in [6, 6.07) is 12.2. The quantitative estimate of drug-likeness (QED) is 0.560. The van der Waals surface area contributed by atoms with Crippen LogP contribution in [0.3, 0.4) is 0 Å². The first-order valence-corrected chi connectivity index (χ1v) is 11.5. The lowest BCUT2D eigenvalue weighted by molar-refractivity contribution is -0.0856. The van der Waals surface area contributed by atoms with E-state index in [0.717, 1.165) is 6.26 Å². The molecule has 2 aromatic heterocycles. The topological polar surface area (TPSA) is 92.6 Å². The molecule has 4 rings (SSSR count). The minimum atomic E-state index is -3.60. The average molecular weight is 444 g/mol. The summed E-state index contributed by atoms with van der Waals surface area (Å²) in [7, 11) is -3.60. The normalized spacial score (nSPS) is 16.6. The number of benzene rings is 1. The zero-order valence-corrected chi connectivity index (χ0v) is 17.6. The molecule has 1 aromatic carbocycles. The Morgan fingerprint density at radius 2 is 1.61 bits per heavy atom. The molecular weight excluding hydrogens is 421 g/mol. The van der Waals surface area contributed by atoms with Gasteiger partial charge in [-0.1, -0.05) is 24.3 Å². The van der Waals surface area contributed by atoms with Gasteiger partial charge in [-0.15, -0.1) is 0 Å². The highest BCUT2D eigenvalue weighted by Gasteiger charge is 2.49. The van der Waals surface area contributed by atoms with Gasteiger partial charge in [-0.25, -0.2) is 4.39 Å². The van der Waals surface area contributed by atoms with Crippen molar-refractivity contribution < 1.29 is 22.1 Å². The number of aliphatic hydroxyl groups is 1. The highest BCUT2D eigenvalue weighted by molar-refractivity contribution is 7.86. The van der Waals surface area contributed by atoms with E-state index >= 15 is 0 Å². The Morgan fingerprint density at radius 3 is 2.06 bits per heavy atom. The van der Waals surface area contributed by atoms with E-state index < -0.39 is 33.7 Å². The number of pyridine rings is 2. The molecule has 1 aliphatic heterocycles. The molecule has 0 spiro atoms. The standard InChI is InChI=1S/C22H22FN3O4S/c1-31(28,29)30-20-14-26(15-20)21(16-6-8-19(23)9-7-16)22(27,17-4-2-10-24-12-17)18-5-3-11-25-13-18/h2-13,20-21,27H,14-15H2,1H3. The fourth-order valence-electron chi connectivity index (χ4n) is 4.01. The second-order valence-corrected chi connectivity index (χ2v) is 9.18. The molecule has 0 bridgehead atoms. The number of aromatic nitrogens is 2. The van der Waals surface area contributed by atoms with Gasteiger partial charge in [-0.3, -0.25) is 19.1 Å². The third-order valence-electron chi connectivity index (χ3n) is 5.34. The Hall–Kier alpha value is -2.72. The van der Waals surface area contributed by atoms with Crippen molar-refractivity contribution in [2.75, 3.05) is 19.3 Å². The molecule has 1 aliphatic rings. The molecular formula is C22H22FN3O4S. The molecule has 3 heterocycles. The van der Waals surface area contributed by atoms with Crippen LogP contribution < -0.4 is 0 Å². The zero-order valence-electron chi connectivity index (χ0n) is 16.8. The molecule has 0 radical (unpaired) electrons. The zero-order chi connectivity index (χ0) is 22.1. The van der Waals surface area contributed by atoms with Crippen molar-refractivity contribution in [3.05, 3.63) is 95.8 Å². The number of hydrogen-bond acceptors (Lipinski definition) is 7. The lowest BCUT2D eigenvalue weighted by Crippen LogP contribution is -2.58. The van der Waals surface area contributed by atoms with Gasteiger partial charge in [-0.2, -0.15) is 8.42 Å². The minimum absolute atomic E-state index is 0.276. The number of nitrogens with zero attached hydrogens (tertiary/aromatic N) is 3. The SMILES string of the molecule is CS(=O)(=O)OC1CN(C(c2ccc(F)cc2)C(O)(c2cccnc2)c2cccnc2)C1. The monoisotopic (exact) mass is 443 g/mol. The van der Waals surface area contributed by atoms with Crippen molar-refractivity contribution in [1.82, 2.24) is 14.9 Å². The second kappa shape index (κ2) is 8.43. The molecule has 1 atom stereocenters. The van der Waals surface area contributed by atoms with E-state index in [4.69, 9.17) is 4.18 Å². The number of rotatable bonds is 7. The van der Waals surface area contributed by atoms with Crippen molar-refractivity contribution >= 4 is 10.1 Å². The van der Waals surface area contributed by atoms with E-state index in [9.17, 15) is 17.9 Å². The third kappa shape index (κ3) is 4.49. The third-order valence-corrected chi connectivity index (χ3v) is 5.96. The van der Waals surface area contributed by atoms with E-state index in [1.807, 2.05) is 4.90 Å². The van der Waals surface area contributed by atoms with Gasteiger partial charge in [0.2, 0.25) is 0 Å². The summed E-state index contributed by atoms with van der Waals surface area (Å²) in [5, 5.41) is 12.2. The molecule has 0 saturated carbocycles. The lowest BCUT2D eigenvalue weighted by atomic mass is 9.76. The van der Waals surface area contributed by atoms with Crippen molar-refractivity contribution in [3.63, 3.8) is 0 Å². The molecule has 1 saturated heterocycles. The first kappa shape index (κ1) is 21.5. The maximum Gasteiger partial charge on any atom is 0.264 e. The second-order valence-electron chi connectivity index (χ2n) is 7.58. The Morgan fingerprint density at radius 1 is 1.06 bits per heavy atom. The van der Waals surface area contributed by atoms with Gasteiger partial charge in [0.1, 0.15) is 17.5 Å². The van der Waals surface area contributed by atoms with E-state index in [1.54, 1.807) is 61.2 Å². The van der Waals surface area contributed by atoms with E-state index in [1.165, 1.54) is 12.1 Å². The lowest BCUT2D eigenvalue weighted by Gasteiger charge is -2.49. The van der Waals surface area contributed by atoms with Crippen LogP contribution in [0.5, 0.6) is 0 Å². The summed E-state index contributed by atoms with van der Waals surface area (Å²) in [6.07, 6.45) is 6.86. The molecule has 162 valence electrons. The molecule has 3 aromatic rings. The molecule has 0 aliphatic carbocycles. The predicted octanol–water partition coefficient (Wildman–Crippen LogP) is 2.25. The Bertz CT molecular complexity index is 1080. The van der Waals surface area contributed by atoms with E-state index in [0.29, 0.717) is 16.7 Å². The fraction of sp³-hybridized carbons (Fsp3) is 0.273. The van der Waals surface area contributed by atoms with Crippen LogP contribution in [0.2, 0.25) is 0 Å². The highest BCUT2D eigenvalue weighted by atomic mass is 32.2. The van der Waals surface area contributed by atoms with Gasteiger partial charge in [0, 0.05) is 49.0 Å². The smallest absolute Gasteiger partial charge is 0.264 e. The summed E-state index contributed by atoms with van der Waals surface area (Å²) < 4.78 is 41.8. The van der Waals surface area contributed by atoms with Crippen LogP contribution in [0.25, 0.3) is 0 Å². The Balaban J connectivity index is 1.81. The average Bonchev–Trinajstić information content (AvgIpc) is 2.73. The minimum Gasteiger partial charge on any atom is -0.378 e. The molecule has 1 unspecified atom stereocenters. The predicted molar refractivity (Wildman–Crippen MR) is 112 cm³/mol. The summed E-state index contributed by atoms with van der Waals surface area (Å²) in [4.78, 5) is 10.2. The number of halogens is 1. The Labute approximate surface area is 180 Å². The maximum atomic E-state index is 13.7. The van der Waals surface area contributed by atoms with Crippen LogP contribution in [0.1, 0.15) is 22.7 Å². The molecule has 1 fully saturated rings. The number of hydrogen-bond donors (Lipinski definition) is 1. The largest absolute Gasteiger partial charge is 0.378 e. The van der Waals surface area contributed by atoms with Gasteiger partial charge < -0.3 is 5.11 Å². The van der Waals surface area contributed by atoms with Crippen LogP contribution in [0.15, 0.2) is 73.3 Å². The molecule has 9 heteroatoms. The summed E-state index contributed by atoms with van der Waals surface area (Å²) >= 11 is 0. The molecule has 1 N–H and O–H groups in total. The van der Waals surface area contributed by atoms with Crippen LogP contribution in [-0.4, -0.2) is 53.8 Å². The van der Waals surface area contributed by atoms with Gasteiger partial charge in [0.25, 0.3) is 10.1 Å². The molecule has 0 amide bonds. The van der Waals surface area contributed by atoms with E-state index in [2.05, 4.69) is 9.97 Å². The van der Waals surface area contributed by atoms with Gasteiger partial charge in [-0.05, 0) is 29.8 Å². The first-order valence-electron chi connectivity index (χ1n) is 9.68. The van der Waals surface area contributed by atoms with Crippen molar-refractivity contribution in [1.29, 1.82) is 0 Å². The van der Waals surface area contributed by atoms with Gasteiger partial charge in [0.05, 0.1) is 12.3 Å². The van der Waals surface area contributed by atoms with Crippen LogP contribution in [0, 0.1) is 5.82 Å². The van der Waals surface area contributed by atoms with Crippen LogP contribution >= 0.6 is 0 Å². The van der Waals surface area contributed by atoms with Crippen LogP contribution in [-0.2, 0) is 19.9 Å². The number of likely N-dealkylation sites (tertiary alicyclic amines) is 1. The van der Waals surface area contributed by atoms with Gasteiger partial charge in [0.15, 0.2) is 0 Å². The molecule has 31 heavy (non-hydrogen) atoms. The van der Waals surface area contributed by atoms with Gasteiger partial charge >= 0.3 is 0 Å². The van der Waals surface area contributed by atoms with Crippen LogP contribution in [0.4, 0.5) is 4.39 Å². The molecule has 7 nitrogen and oxygen atoms in total. The van der Waals surface area contributed by atoms with Crippen molar-refractivity contribution in [2.24, 2.45) is 0 Å². The summed E-state index contributed by atoms with van der Waals surface area (Å²) in [5.74, 6) is -0.393.